The van der Waals surface area contributed by atoms with Gasteiger partial charge in [0.25, 0.3) is 5.91 Å². The second-order valence-corrected chi connectivity index (χ2v) is 11.0. The molecule has 3 fully saturated rings. The molecule has 2 N–H and O–H groups in total. The van der Waals surface area contributed by atoms with Crippen molar-refractivity contribution < 1.29 is 18.7 Å². The van der Waals surface area contributed by atoms with Crippen LogP contribution in [-0.2, 0) is 11.2 Å². The molecule has 1 aromatic carbocycles. The lowest BCUT2D eigenvalue weighted by Gasteiger charge is -2.30. The molecule has 3 unspecified atom stereocenters. The molecule has 3 atom stereocenters. The SMILES string of the molecule is COc1cc(OC)cc(-c2cc(CCCN)c(C=C3SC(=S)N(C4CC5CCC4C5)C3=O)o2)c1. The molecular weight excluding hydrogens is 468 g/mol. The van der Waals surface area contributed by atoms with Crippen LogP contribution < -0.4 is 15.2 Å². The quantitative estimate of drug-likeness (QED) is 0.394. The first-order valence-electron chi connectivity index (χ1n) is 11.8. The minimum atomic E-state index is 0.0123. The zero-order valence-electron chi connectivity index (χ0n) is 19.5. The van der Waals surface area contributed by atoms with Gasteiger partial charge in [-0.15, -0.1) is 0 Å². The van der Waals surface area contributed by atoms with Crippen LogP contribution in [0.25, 0.3) is 17.4 Å². The lowest BCUT2D eigenvalue weighted by atomic mass is 9.94. The molecule has 34 heavy (non-hydrogen) atoms. The third kappa shape index (κ3) is 4.39. The van der Waals surface area contributed by atoms with Gasteiger partial charge >= 0.3 is 0 Å². The summed E-state index contributed by atoms with van der Waals surface area (Å²) in [5, 5.41) is 0. The molecule has 1 saturated heterocycles. The van der Waals surface area contributed by atoms with Gasteiger partial charge in [-0.25, -0.2) is 0 Å². The predicted molar refractivity (Wildman–Crippen MR) is 139 cm³/mol. The molecule has 3 aliphatic rings. The van der Waals surface area contributed by atoms with Crippen LogP contribution in [0.3, 0.4) is 0 Å². The summed E-state index contributed by atoms with van der Waals surface area (Å²) >= 11 is 7.04. The Kier molecular flexibility index (Phi) is 6.73. The Labute approximate surface area is 209 Å². The van der Waals surface area contributed by atoms with Gasteiger partial charge in [-0.05, 0) is 74.2 Å². The zero-order chi connectivity index (χ0) is 23.8. The van der Waals surface area contributed by atoms with E-state index in [9.17, 15) is 4.79 Å². The van der Waals surface area contributed by atoms with Crippen LogP contribution in [0.1, 0.15) is 43.4 Å². The van der Waals surface area contributed by atoms with Crippen molar-refractivity contribution in [3.05, 3.63) is 40.5 Å². The average molecular weight is 499 g/mol. The fourth-order valence-electron chi connectivity index (χ4n) is 5.56. The lowest BCUT2D eigenvalue weighted by molar-refractivity contribution is -0.124. The van der Waals surface area contributed by atoms with Gasteiger partial charge in [0.15, 0.2) is 0 Å². The lowest BCUT2D eigenvalue weighted by Crippen LogP contribution is -2.41. The first-order valence-corrected chi connectivity index (χ1v) is 13.1. The van der Waals surface area contributed by atoms with Crippen LogP contribution in [0.5, 0.6) is 11.5 Å². The largest absolute Gasteiger partial charge is 0.497 e. The second kappa shape index (κ2) is 9.76. The molecule has 8 heteroatoms. The van der Waals surface area contributed by atoms with Gasteiger partial charge in [-0.1, -0.05) is 30.4 Å². The van der Waals surface area contributed by atoms with E-state index in [4.69, 9.17) is 31.8 Å². The standard InChI is InChI=1S/C26H30N2O4S2/c1-30-19-10-18(11-20(13-19)31-2)22-12-17(4-3-7-27)23(32-22)14-24-25(29)28(26(33)34-24)21-9-15-5-6-16(21)8-15/h10-16,21H,3-9,27H2,1-2H3. The molecule has 2 heterocycles. The molecule has 5 rings (SSSR count). The number of hydrogen-bond acceptors (Lipinski definition) is 7. The summed E-state index contributed by atoms with van der Waals surface area (Å²) in [7, 11) is 3.24. The van der Waals surface area contributed by atoms with Crippen molar-refractivity contribution in [2.75, 3.05) is 20.8 Å². The normalized spacial score (nSPS) is 25.1. The van der Waals surface area contributed by atoms with Gasteiger partial charge in [0.1, 0.15) is 27.3 Å². The number of nitrogens with zero attached hydrogens (tertiary/aromatic N) is 1. The number of carbonyl (C=O) groups is 1. The van der Waals surface area contributed by atoms with Crippen molar-refractivity contribution in [3.63, 3.8) is 0 Å². The first-order chi connectivity index (χ1) is 16.5. The highest BCUT2D eigenvalue weighted by Gasteiger charge is 2.48. The fourth-order valence-corrected chi connectivity index (χ4v) is 6.90. The van der Waals surface area contributed by atoms with E-state index in [1.54, 1.807) is 14.2 Å². The van der Waals surface area contributed by atoms with Crippen LogP contribution in [0.4, 0.5) is 0 Å². The number of thiocarbonyl (C=S) groups is 1. The molecule has 0 spiro atoms. The molecule has 2 bridgehead atoms. The van der Waals surface area contributed by atoms with E-state index in [0.29, 0.717) is 44.7 Å². The van der Waals surface area contributed by atoms with E-state index in [0.717, 1.165) is 36.3 Å². The first kappa shape index (κ1) is 23.5. The Bertz CT molecular complexity index is 1120. The maximum absolute atomic E-state index is 13.4. The van der Waals surface area contributed by atoms with Crippen molar-refractivity contribution in [2.24, 2.45) is 17.6 Å². The van der Waals surface area contributed by atoms with Crippen molar-refractivity contribution >= 4 is 40.3 Å². The Morgan fingerprint density at radius 1 is 1.18 bits per heavy atom. The molecule has 1 aromatic heterocycles. The van der Waals surface area contributed by atoms with E-state index in [2.05, 4.69) is 0 Å². The molecule has 2 aromatic rings. The monoisotopic (exact) mass is 498 g/mol. The highest BCUT2D eigenvalue weighted by atomic mass is 32.2. The summed E-state index contributed by atoms with van der Waals surface area (Å²) in [6.45, 7) is 0.583. The molecule has 2 saturated carbocycles. The van der Waals surface area contributed by atoms with Crippen LogP contribution >= 0.6 is 24.0 Å². The summed E-state index contributed by atoms with van der Waals surface area (Å²) in [6.07, 6.45) is 8.26. The van der Waals surface area contributed by atoms with Crippen molar-refractivity contribution in [2.45, 2.75) is 44.6 Å². The van der Waals surface area contributed by atoms with Crippen molar-refractivity contribution in [3.8, 4) is 22.8 Å². The number of fused-ring (bicyclic) bond motifs is 2. The second-order valence-electron chi connectivity index (χ2n) is 9.29. The number of nitrogens with two attached hydrogens (primary N) is 1. The number of hydrogen-bond donors (Lipinski definition) is 1. The minimum absolute atomic E-state index is 0.0123. The molecule has 1 amide bonds. The van der Waals surface area contributed by atoms with Gasteiger partial charge < -0.3 is 19.6 Å². The number of furan rings is 1. The fraction of sp³-hybridized carbons (Fsp3) is 0.462. The van der Waals surface area contributed by atoms with E-state index in [-0.39, 0.29) is 11.9 Å². The summed E-state index contributed by atoms with van der Waals surface area (Å²) in [5.74, 6) is 4.09. The van der Waals surface area contributed by atoms with Gasteiger partial charge in [0.2, 0.25) is 0 Å². The maximum atomic E-state index is 13.4. The number of ether oxygens (including phenoxy) is 2. The van der Waals surface area contributed by atoms with Gasteiger partial charge in [0.05, 0.1) is 19.1 Å². The van der Waals surface area contributed by atoms with E-state index in [1.165, 1.54) is 31.0 Å². The molecular formula is C26H30N2O4S2. The molecule has 6 nitrogen and oxygen atoms in total. The topological polar surface area (TPSA) is 77.9 Å². The minimum Gasteiger partial charge on any atom is -0.497 e. The summed E-state index contributed by atoms with van der Waals surface area (Å²) in [6, 6.07) is 7.92. The number of thioether (sulfide) groups is 1. The Balaban J connectivity index is 1.47. The molecule has 2 aliphatic carbocycles. The third-order valence-corrected chi connectivity index (χ3v) is 8.58. The summed E-state index contributed by atoms with van der Waals surface area (Å²) < 4.78 is 17.8. The number of methoxy groups -OCH3 is 2. The van der Waals surface area contributed by atoms with Crippen LogP contribution in [0, 0.1) is 11.8 Å². The van der Waals surface area contributed by atoms with E-state index >= 15 is 0 Å². The van der Waals surface area contributed by atoms with Gasteiger partial charge in [-0.3, -0.25) is 9.69 Å². The Hall–Kier alpha value is -2.29. The predicted octanol–water partition coefficient (Wildman–Crippen LogP) is 5.24. The maximum Gasteiger partial charge on any atom is 0.266 e. The van der Waals surface area contributed by atoms with Crippen LogP contribution in [-0.4, -0.2) is 41.9 Å². The van der Waals surface area contributed by atoms with Crippen molar-refractivity contribution in [1.29, 1.82) is 0 Å². The van der Waals surface area contributed by atoms with Gasteiger partial charge in [0, 0.05) is 23.7 Å². The molecule has 180 valence electrons. The number of carbonyl (C=O) groups excluding carboxylic acids is 1. The number of amides is 1. The molecule has 0 radical (unpaired) electrons. The van der Waals surface area contributed by atoms with E-state index < -0.39 is 0 Å². The third-order valence-electron chi connectivity index (χ3n) is 7.25. The Morgan fingerprint density at radius 2 is 1.94 bits per heavy atom. The highest BCUT2D eigenvalue weighted by molar-refractivity contribution is 8.26. The zero-order valence-corrected chi connectivity index (χ0v) is 21.2. The van der Waals surface area contributed by atoms with E-state index in [1.807, 2.05) is 35.2 Å². The number of benzene rings is 1. The highest BCUT2D eigenvalue weighted by Crippen LogP contribution is 2.49. The van der Waals surface area contributed by atoms with Crippen LogP contribution in [0.15, 0.2) is 33.6 Å². The van der Waals surface area contributed by atoms with Gasteiger partial charge in [-0.2, -0.15) is 0 Å². The molecule has 1 aliphatic heterocycles. The van der Waals surface area contributed by atoms with Crippen LogP contribution in [0.2, 0.25) is 0 Å². The number of rotatable bonds is 8. The summed E-state index contributed by atoms with van der Waals surface area (Å²) in [5.41, 5.74) is 7.65. The number of aryl methyl sites for hydroxylation is 1. The van der Waals surface area contributed by atoms with Crippen molar-refractivity contribution in [1.82, 2.24) is 4.90 Å². The Morgan fingerprint density at radius 3 is 2.56 bits per heavy atom. The smallest absolute Gasteiger partial charge is 0.266 e. The summed E-state index contributed by atoms with van der Waals surface area (Å²) in [4.78, 5) is 15.9. The average Bonchev–Trinajstić information content (AvgIpc) is 3.62.